The second-order valence-electron chi connectivity index (χ2n) is 5.33. The monoisotopic (exact) mass is 349 g/mol. The van der Waals surface area contributed by atoms with Crippen molar-refractivity contribution in [3.8, 4) is 0 Å². The number of aliphatic carboxylic acids is 2. The van der Waals surface area contributed by atoms with E-state index in [1.54, 1.807) is 0 Å². The number of nitrogens with one attached hydrogen (secondary N) is 2. The molecular formula is C13H23N3O8. The summed E-state index contributed by atoms with van der Waals surface area (Å²) in [5, 5.41) is 40.6. The molecule has 138 valence electrons. The van der Waals surface area contributed by atoms with E-state index in [9.17, 15) is 29.4 Å². The van der Waals surface area contributed by atoms with Gasteiger partial charge in [-0.25, -0.2) is 4.79 Å². The highest BCUT2D eigenvalue weighted by Gasteiger charge is 2.31. The van der Waals surface area contributed by atoms with Crippen LogP contribution in [-0.4, -0.2) is 74.5 Å². The molecule has 0 aliphatic rings. The predicted molar refractivity (Wildman–Crippen MR) is 79.7 cm³/mol. The minimum absolute atomic E-state index is 0.371. The van der Waals surface area contributed by atoms with Crippen LogP contribution in [0.15, 0.2) is 0 Å². The number of carbonyl (C=O) groups is 4. The Morgan fingerprint density at radius 3 is 1.88 bits per heavy atom. The van der Waals surface area contributed by atoms with Gasteiger partial charge in [0.1, 0.15) is 18.1 Å². The van der Waals surface area contributed by atoms with Gasteiger partial charge in [-0.3, -0.25) is 14.4 Å². The van der Waals surface area contributed by atoms with Crippen LogP contribution in [0.2, 0.25) is 0 Å². The topological polar surface area (TPSA) is 199 Å². The van der Waals surface area contributed by atoms with Gasteiger partial charge in [0.25, 0.3) is 0 Å². The van der Waals surface area contributed by atoms with Crippen LogP contribution in [0.5, 0.6) is 0 Å². The number of carbonyl (C=O) groups excluding carboxylic acids is 2. The summed E-state index contributed by atoms with van der Waals surface area (Å²) in [7, 11) is 0. The lowest BCUT2D eigenvalue weighted by Crippen LogP contribution is -2.59. The first kappa shape index (κ1) is 21.8. The molecule has 2 amide bonds. The summed E-state index contributed by atoms with van der Waals surface area (Å²) >= 11 is 0. The lowest BCUT2D eigenvalue weighted by Gasteiger charge is -2.25. The second-order valence-corrected chi connectivity index (χ2v) is 5.33. The van der Waals surface area contributed by atoms with Crippen LogP contribution in [0.25, 0.3) is 0 Å². The molecule has 0 saturated heterocycles. The summed E-state index contributed by atoms with van der Waals surface area (Å²) in [6, 6.07) is -4.37. The highest BCUT2D eigenvalue weighted by atomic mass is 16.4. The fourth-order valence-corrected chi connectivity index (χ4v) is 1.66. The van der Waals surface area contributed by atoms with E-state index < -0.39 is 60.5 Å². The molecule has 0 aromatic rings. The molecule has 11 nitrogen and oxygen atoms in total. The minimum atomic E-state index is -1.52. The maximum absolute atomic E-state index is 12.1. The molecule has 11 heteroatoms. The number of hydrogen-bond donors (Lipinski definition) is 7. The Balaban J connectivity index is 4.97. The van der Waals surface area contributed by atoms with Crippen LogP contribution in [0.1, 0.15) is 26.7 Å². The molecule has 5 atom stereocenters. The fraction of sp³-hybridized carbons (Fsp3) is 0.692. The van der Waals surface area contributed by atoms with E-state index in [4.69, 9.17) is 15.9 Å². The Hall–Kier alpha value is -2.24. The van der Waals surface area contributed by atoms with E-state index in [0.29, 0.717) is 0 Å². The summed E-state index contributed by atoms with van der Waals surface area (Å²) in [5.74, 6) is -4.63. The normalized spacial score (nSPS) is 17.0. The molecule has 0 spiro atoms. The lowest BCUT2D eigenvalue weighted by atomic mass is 10.1. The third-order valence-electron chi connectivity index (χ3n) is 3.15. The summed E-state index contributed by atoms with van der Waals surface area (Å²) in [4.78, 5) is 45.4. The number of aliphatic hydroxyl groups excluding tert-OH is 2. The van der Waals surface area contributed by atoms with Crippen LogP contribution in [0.4, 0.5) is 0 Å². The number of aliphatic hydroxyl groups is 2. The van der Waals surface area contributed by atoms with Crippen LogP contribution < -0.4 is 16.4 Å². The van der Waals surface area contributed by atoms with E-state index in [2.05, 4.69) is 5.32 Å². The predicted octanol–water partition coefficient (Wildman–Crippen LogP) is -3.01. The van der Waals surface area contributed by atoms with Crippen molar-refractivity contribution in [2.45, 2.75) is 57.0 Å². The molecule has 0 radical (unpaired) electrons. The molecule has 0 unspecified atom stereocenters. The van der Waals surface area contributed by atoms with Gasteiger partial charge < -0.3 is 36.8 Å². The largest absolute Gasteiger partial charge is 0.481 e. The van der Waals surface area contributed by atoms with E-state index in [-0.39, 0.29) is 6.42 Å². The van der Waals surface area contributed by atoms with Gasteiger partial charge in [-0.2, -0.15) is 0 Å². The van der Waals surface area contributed by atoms with Gasteiger partial charge in [0.05, 0.1) is 12.2 Å². The highest BCUT2D eigenvalue weighted by molar-refractivity contribution is 5.92. The van der Waals surface area contributed by atoms with Crippen LogP contribution >= 0.6 is 0 Å². The van der Waals surface area contributed by atoms with Gasteiger partial charge in [0, 0.05) is 6.42 Å². The number of rotatable bonds is 10. The Labute approximate surface area is 137 Å². The van der Waals surface area contributed by atoms with Gasteiger partial charge in [-0.1, -0.05) is 0 Å². The molecule has 0 aliphatic carbocycles. The Kier molecular flexibility index (Phi) is 8.89. The third-order valence-corrected chi connectivity index (χ3v) is 3.15. The van der Waals surface area contributed by atoms with Gasteiger partial charge in [-0.15, -0.1) is 0 Å². The number of nitrogens with two attached hydrogens (primary N) is 1. The molecule has 0 aromatic heterocycles. The van der Waals surface area contributed by atoms with Gasteiger partial charge in [0.2, 0.25) is 11.8 Å². The first-order chi connectivity index (χ1) is 11.0. The Morgan fingerprint density at radius 1 is 0.958 bits per heavy atom. The van der Waals surface area contributed by atoms with Crippen molar-refractivity contribution in [2.75, 3.05) is 0 Å². The standard InChI is InChI=1S/C13H23N3O8/c1-5(17)9(14)11(21)16-10(6(2)18)12(22)15-7(13(23)24)3-4-8(19)20/h5-7,9-10,17-18H,3-4,14H2,1-2H3,(H,15,22)(H,16,21)(H,19,20)(H,23,24)/t5-,6-,7+,9+,10+/m1/s1. The van der Waals surface area contributed by atoms with Gasteiger partial charge in [-0.05, 0) is 20.3 Å². The Morgan fingerprint density at radius 2 is 1.50 bits per heavy atom. The zero-order chi connectivity index (χ0) is 19.0. The minimum Gasteiger partial charge on any atom is -0.481 e. The van der Waals surface area contributed by atoms with Crippen molar-refractivity contribution in [1.82, 2.24) is 10.6 Å². The molecule has 0 saturated carbocycles. The van der Waals surface area contributed by atoms with Crippen LogP contribution in [0, 0.1) is 0 Å². The molecule has 0 heterocycles. The summed E-state index contributed by atoms with van der Waals surface area (Å²) in [5.41, 5.74) is 5.40. The van der Waals surface area contributed by atoms with Crippen LogP contribution in [-0.2, 0) is 19.2 Å². The number of amides is 2. The maximum Gasteiger partial charge on any atom is 0.326 e. The zero-order valence-corrected chi connectivity index (χ0v) is 13.3. The average molecular weight is 349 g/mol. The van der Waals surface area contributed by atoms with Gasteiger partial charge in [0.15, 0.2) is 0 Å². The molecular weight excluding hydrogens is 326 g/mol. The van der Waals surface area contributed by atoms with Crippen molar-refractivity contribution < 1.29 is 39.6 Å². The number of carboxylic acid groups (broad SMARTS) is 2. The highest BCUT2D eigenvalue weighted by Crippen LogP contribution is 2.02. The quantitative estimate of drug-likeness (QED) is 0.214. The molecule has 0 rings (SSSR count). The SMILES string of the molecule is C[C@@H](O)[C@H](N)C(=O)N[C@H](C(=O)N[C@@H](CCC(=O)O)C(=O)O)[C@@H](C)O. The van der Waals surface area contributed by atoms with Crippen molar-refractivity contribution in [1.29, 1.82) is 0 Å². The average Bonchev–Trinajstić information content (AvgIpc) is 2.46. The second kappa shape index (κ2) is 9.80. The molecule has 0 aliphatic heterocycles. The lowest BCUT2D eigenvalue weighted by molar-refractivity contribution is -0.144. The van der Waals surface area contributed by atoms with E-state index in [1.165, 1.54) is 13.8 Å². The zero-order valence-electron chi connectivity index (χ0n) is 13.3. The smallest absolute Gasteiger partial charge is 0.326 e. The maximum atomic E-state index is 12.1. The fourth-order valence-electron chi connectivity index (χ4n) is 1.66. The first-order valence-electron chi connectivity index (χ1n) is 7.14. The molecule has 24 heavy (non-hydrogen) atoms. The molecule has 0 fully saturated rings. The number of hydrogen-bond acceptors (Lipinski definition) is 7. The van der Waals surface area contributed by atoms with Crippen molar-refractivity contribution >= 4 is 23.8 Å². The van der Waals surface area contributed by atoms with Gasteiger partial charge >= 0.3 is 11.9 Å². The van der Waals surface area contributed by atoms with Crippen LogP contribution in [0.3, 0.4) is 0 Å². The summed E-state index contributed by atoms with van der Waals surface area (Å²) in [6.07, 6.45) is -3.45. The summed E-state index contributed by atoms with van der Waals surface area (Å²) in [6.45, 7) is 2.44. The third kappa shape index (κ3) is 7.35. The van der Waals surface area contributed by atoms with Crippen molar-refractivity contribution in [3.63, 3.8) is 0 Å². The van der Waals surface area contributed by atoms with Crippen molar-refractivity contribution in [3.05, 3.63) is 0 Å². The van der Waals surface area contributed by atoms with E-state index >= 15 is 0 Å². The van der Waals surface area contributed by atoms with Crippen molar-refractivity contribution in [2.24, 2.45) is 5.73 Å². The summed E-state index contributed by atoms with van der Waals surface area (Å²) < 4.78 is 0. The Bertz CT molecular complexity index is 480. The first-order valence-corrected chi connectivity index (χ1v) is 7.14. The van der Waals surface area contributed by atoms with E-state index in [0.717, 1.165) is 0 Å². The molecule has 8 N–H and O–H groups in total. The molecule has 0 bridgehead atoms. The van der Waals surface area contributed by atoms with E-state index in [1.807, 2.05) is 5.32 Å². The number of carboxylic acids is 2. The molecule has 0 aromatic carbocycles.